The smallest absolute Gasteiger partial charge is 0.322 e. The number of methoxy groups -OCH3 is 1. The Bertz CT molecular complexity index is 1570. The van der Waals surface area contributed by atoms with Crippen molar-refractivity contribution in [1.82, 2.24) is 31.9 Å². The summed E-state index contributed by atoms with van der Waals surface area (Å²) in [6.45, 7) is 3.90. The van der Waals surface area contributed by atoms with Gasteiger partial charge in [0.05, 0.1) is 19.6 Å². The number of hydrogen-bond acceptors (Lipinski definition) is 12. The number of aliphatic hydroxyl groups excluding tert-OH is 1. The molecule has 0 aliphatic heterocycles. The predicted molar refractivity (Wildman–Crippen MR) is 215 cm³/mol. The molecule has 1 aliphatic carbocycles. The number of carboxylic acid groups (broad SMARTS) is 1. The molecule has 0 bridgehead atoms. The number of carbonyl (C=O) groups excluding carboxylic acids is 7. The molecule has 1 aromatic carbocycles. The molecule has 0 saturated heterocycles. The number of carboxylic acids is 1. The van der Waals surface area contributed by atoms with Crippen molar-refractivity contribution in [3.05, 3.63) is 29.8 Å². The van der Waals surface area contributed by atoms with E-state index in [4.69, 9.17) is 28.2 Å². The second-order valence-electron chi connectivity index (χ2n) is 14.3. The zero-order chi connectivity index (χ0) is 42.9. The monoisotopic (exact) mass is 839 g/mol. The summed E-state index contributed by atoms with van der Waals surface area (Å²) >= 11 is 8.79. The van der Waals surface area contributed by atoms with Crippen LogP contribution in [0.15, 0.2) is 24.3 Å². The summed E-state index contributed by atoms with van der Waals surface area (Å²) in [6.07, 6.45) is 2.65. The molecule has 1 saturated carbocycles. The number of rotatable bonds is 23. The lowest BCUT2D eigenvalue weighted by Crippen LogP contribution is -2.62. The Hall–Kier alpha value is -4.56. The first kappa shape index (κ1) is 48.6. The van der Waals surface area contributed by atoms with Gasteiger partial charge in [0, 0.05) is 23.3 Å². The number of aliphatic hydroxyl groups is 1. The molecule has 10 N–H and O–H groups in total. The zero-order valence-electron chi connectivity index (χ0n) is 32.7. The molecule has 0 heterocycles. The second-order valence-corrected chi connectivity index (χ2v) is 15.6. The van der Waals surface area contributed by atoms with Gasteiger partial charge in [-0.3, -0.25) is 38.4 Å². The van der Waals surface area contributed by atoms with Crippen LogP contribution < -0.4 is 42.4 Å². The molecule has 0 spiro atoms. The van der Waals surface area contributed by atoms with E-state index >= 15 is 0 Å². The minimum Gasteiger partial charge on any atom is -0.497 e. The normalized spacial score (nSPS) is 17.1. The minimum atomic E-state index is -1.72. The van der Waals surface area contributed by atoms with Gasteiger partial charge in [0.2, 0.25) is 41.4 Å². The van der Waals surface area contributed by atoms with Crippen LogP contribution >= 0.6 is 25.3 Å². The van der Waals surface area contributed by atoms with Crippen LogP contribution in [-0.4, -0.2) is 118 Å². The van der Waals surface area contributed by atoms with Crippen LogP contribution in [0.5, 0.6) is 5.75 Å². The Kier molecular flexibility index (Phi) is 20.1. The lowest BCUT2D eigenvalue weighted by atomic mass is 9.85. The molecule has 7 amide bonds. The number of nitrogens with two attached hydrogens (primary N) is 1. The summed E-state index contributed by atoms with van der Waals surface area (Å²) in [4.78, 5) is 103. The lowest BCUT2D eigenvalue weighted by Gasteiger charge is -2.33. The van der Waals surface area contributed by atoms with Crippen molar-refractivity contribution < 1.29 is 53.3 Å². The van der Waals surface area contributed by atoms with Gasteiger partial charge in [-0.1, -0.05) is 51.7 Å². The van der Waals surface area contributed by atoms with Gasteiger partial charge in [-0.25, -0.2) is 0 Å². The molecule has 7 atom stereocenters. The molecule has 1 fully saturated rings. The topological polar surface area (TPSA) is 284 Å². The average Bonchev–Trinajstić information content (AvgIpc) is 3.15. The summed E-state index contributed by atoms with van der Waals surface area (Å²) in [5.74, 6) is -7.60. The Balaban J connectivity index is 2.30. The van der Waals surface area contributed by atoms with E-state index in [0.717, 1.165) is 32.1 Å². The number of benzene rings is 1. The fourth-order valence-corrected chi connectivity index (χ4v) is 6.88. The minimum absolute atomic E-state index is 0.0628. The molecule has 57 heavy (non-hydrogen) atoms. The highest BCUT2D eigenvalue weighted by atomic mass is 32.1. The van der Waals surface area contributed by atoms with Crippen LogP contribution in [0.3, 0.4) is 0 Å². The standard InChI is InChI=1S/C37H57N7O11S2/c1-5-20(2)30(43-34(52)24(15-22-9-11-23(55-4)12-10-22)40-28(47)17-37(57)13-7-6-8-14-37)35(53)44-31(21(3)45)36(54)41-25(16-27(38)46)33(51)42-26(19-56)32(50)39-18-29(48)49/h9-12,20-21,24-26,30-31,45,56-57H,5-8,13-19H2,1-4H3,(H2,38,46)(H,39,50)(H,40,47)(H,41,54)(H,42,51)(H,43,52)(H,44,53)(H,48,49)/t20-,21+,24-,25-,26-,30-,31-/m0/s1. The van der Waals surface area contributed by atoms with Gasteiger partial charge in [-0.2, -0.15) is 25.3 Å². The maximum atomic E-state index is 14.0. The summed E-state index contributed by atoms with van der Waals surface area (Å²) in [7, 11) is 1.52. The van der Waals surface area contributed by atoms with Crippen LogP contribution in [0.25, 0.3) is 0 Å². The van der Waals surface area contributed by atoms with Crippen LogP contribution in [0.2, 0.25) is 0 Å². The Labute approximate surface area is 343 Å². The summed E-state index contributed by atoms with van der Waals surface area (Å²) < 4.78 is 4.72. The highest BCUT2D eigenvalue weighted by molar-refractivity contribution is 7.81. The number of ether oxygens (including phenoxy) is 1. The van der Waals surface area contributed by atoms with Crippen LogP contribution in [0.4, 0.5) is 0 Å². The number of primary amides is 1. The third kappa shape index (κ3) is 16.4. The highest BCUT2D eigenvalue weighted by Gasteiger charge is 2.37. The Morgan fingerprint density at radius 1 is 0.807 bits per heavy atom. The largest absolute Gasteiger partial charge is 0.497 e. The van der Waals surface area contributed by atoms with Gasteiger partial charge in [0.15, 0.2) is 0 Å². The van der Waals surface area contributed by atoms with E-state index in [1.807, 2.05) is 0 Å². The van der Waals surface area contributed by atoms with E-state index in [0.29, 0.717) is 17.7 Å². The number of thiol groups is 2. The van der Waals surface area contributed by atoms with Crippen molar-refractivity contribution in [2.45, 2.75) is 120 Å². The molecular formula is C37H57N7O11S2. The van der Waals surface area contributed by atoms with Gasteiger partial charge in [-0.15, -0.1) is 0 Å². The SMILES string of the molecule is CC[C@H](C)[C@H](NC(=O)[C@H](Cc1ccc(OC)cc1)NC(=O)CC1(S)CCCCC1)C(=O)N[C@H](C(=O)N[C@@H](CC(N)=O)C(=O)N[C@@H](CS)C(=O)NCC(=O)O)[C@@H](C)O. The quantitative estimate of drug-likeness (QED) is 0.0602. The van der Waals surface area contributed by atoms with Crippen LogP contribution in [-0.2, 0) is 44.8 Å². The average molecular weight is 840 g/mol. The molecular weight excluding hydrogens is 783 g/mol. The maximum Gasteiger partial charge on any atom is 0.322 e. The van der Waals surface area contributed by atoms with E-state index in [2.05, 4.69) is 44.5 Å². The Morgan fingerprint density at radius 2 is 1.37 bits per heavy atom. The predicted octanol–water partition coefficient (Wildman–Crippen LogP) is -0.883. The number of amides is 7. The van der Waals surface area contributed by atoms with Gasteiger partial charge in [0.25, 0.3) is 0 Å². The molecule has 1 aromatic rings. The molecule has 318 valence electrons. The number of hydrogen-bond donors (Lipinski definition) is 11. The van der Waals surface area contributed by atoms with Crippen molar-refractivity contribution >= 4 is 72.6 Å². The fraction of sp³-hybridized carbons (Fsp3) is 0.622. The summed E-state index contributed by atoms with van der Waals surface area (Å²) in [5, 5.41) is 34.0. The molecule has 20 heteroatoms. The molecule has 1 aliphatic rings. The first-order valence-corrected chi connectivity index (χ1v) is 19.8. The number of nitrogens with one attached hydrogen (secondary N) is 6. The lowest BCUT2D eigenvalue weighted by molar-refractivity contribution is -0.139. The van der Waals surface area contributed by atoms with E-state index in [1.165, 1.54) is 14.0 Å². The van der Waals surface area contributed by atoms with Crippen molar-refractivity contribution in [2.75, 3.05) is 19.4 Å². The number of carbonyl (C=O) groups is 8. The zero-order valence-corrected chi connectivity index (χ0v) is 34.5. The molecule has 18 nitrogen and oxygen atoms in total. The highest BCUT2D eigenvalue weighted by Crippen LogP contribution is 2.36. The maximum absolute atomic E-state index is 14.0. The fourth-order valence-electron chi connectivity index (χ4n) is 6.17. The van der Waals surface area contributed by atoms with Gasteiger partial charge >= 0.3 is 5.97 Å². The van der Waals surface area contributed by atoms with E-state index in [1.54, 1.807) is 38.1 Å². The third-order valence-electron chi connectivity index (χ3n) is 9.65. The number of aliphatic carboxylic acids is 1. The van der Waals surface area contributed by atoms with Gasteiger partial charge in [-0.05, 0) is 43.4 Å². The van der Waals surface area contributed by atoms with Crippen molar-refractivity contribution in [3.8, 4) is 5.75 Å². The van der Waals surface area contributed by atoms with Crippen molar-refractivity contribution in [1.29, 1.82) is 0 Å². The molecule has 0 unspecified atom stereocenters. The van der Waals surface area contributed by atoms with Crippen molar-refractivity contribution in [3.63, 3.8) is 0 Å². The second kappa shape index (κ2) is 23.6. The molecule has 0 aromatic heterocycles. The molecule has 0 radical (unpaired) electrons. The van der Waals surface area contributed by atoms with Gasteiger partial charge in [0.1, 0.15) is 42.5 Å². The third-order valence-corrected chi connectivity index (χ3v) is 10.6. The van der Waals surface area contributed by atoms with Crippen LogP contribution in [0.1, 0.15) is 77.7 Å². The van der Waals surface area contributed by atoms with E-state index in [-0.39, 0.29) is 24.5 Å². The first-order valence-electron chi connectivity index (χ1n) is 18.8. The van der Waals surface area contributed by atoms with Gasteiger partial charge < -0.3 is 52.6 Å². The summed E-state index contributed by atoms with van der Waals surface area (Å²) in [5.41, 5.74) is 6.00. The van der Waals surface area contributed by atoms with Crippen LogP contribution in [0, 0.1) is 5.92 Å². The molecule has 2 rings (SSSR count). The van der Waals surface area contributed by atoms with Crippen molar-refractivity contribution in [2.24, 2.45) is 11.7 Å². The van der Waals surface area contributed by atoms with E-state index < -0.39 is 101 Å². The Morgan fingerprint density at radius 3 is 1.89 bits per heavy atom. The first-order chi connectivity index (χ1) is 26.8. The van der Waals surface area contributed by atoms with E-state index in [9.17, 15) is 43.5 Å². The summed E-state index contributed by atoms with van der Waals surface area (Å²) in [6, 6.07) is -0.267.